The van der Waals surface area contributed by atoms with E-state index in [0.29, 0.717) is 24.0 Å². The van der Waals surface area contributed by atoms with Crippen molar-refractivity contribution in [2.75, 3.05) is 26.2 Å². The van der Waals surface area contributed by atoms with Crippen LogP contribution >= 0.6 is 0 Å². The van der Waals surface area contributed by atoms with Gasteiger partial charge in [-0.3, -0.25) is 0 Å². The first-order valence-electron chi connectivity index (χ1n) is 9.26. The van der Waals surface area contributed by atoms with E-state index in [9.17, 15) is 5.11 Å². The van der Waals surface area contributed by atoms with Crippen LogP contribution in [-0.2, 0) is 0 Å². The SMILES string of the molecule is CCC1(CC)CCN(CC(CO)(NC2CC2)C2CC2)CC1. The third kappa shape index (κ3) is 3.46. The Morgan fingerprint density at radius 3 is 2.14 bits per heavy atom. The summed E-state index contributed by atoms with van der Waals surface area (Å²) in [6.07, 6.45) is 10.6. The minimum absolute atomic E-state index is 0.000401. The van der Waals surface area contributed by atoms with Crippen LogP contribution in [0.15, 0.2) is 0 Å². The molecule has 1 saturated heterocycles. The van der Waals surface area contributed by atoms with Crippen LogP contribution in [-0.4, -0.2) is 47.8 Å². The maximum atomic E-state index is 10.1. The first-order chi connectivity index (χ1) is 10.2. The highest BCUT2D eigenvalue weighted by Crippen LogP contribution is 2.43. The molecule has 122 valence electrons. The molecule has 2 aliphatic carbocycles. The van der Waals surface area contributed by atoms with Crippen molar-refractivity contribution in [3.63, 3.8) is 0 Å². The number of likely N-dealkylation sites (tertiary alicyclic amines) is 1. The zero-order valence-electron chi connectivity index (χ0n) is 14.0. The molecule has 0 aromatic heterocycles. The summed E-state index contributed by atoms with van der Waals surface area (Å²) in [6, 6.07) is 0.688. The third-order valence-electron chi connectivity index (χ3n) is 6.63. The average Bonchev–Trinajstić information content (AvgIpc) is 3.40. The standard InChI is InChI=1S/C18H34N2O/c1-3-17(4-2)9-11-20(12-10-17)13-18(14-21,15-5-6-15)19-16-7-8-16/h15-16,19,21H,3-14H2,1-2H3. The van der Waals surface area contributed by atoms with E-state index >= 15 is 0 Å². The molecule has 0 spiro atoms. The van der Waals surface area contributed by atoms with Gasteiger partial charge in [0.25, 0.3) is 0 Å². The molecule has 0 aromatic rings. The molecular formula is C18H34N2O. The molecule has 1 heterocycles. The Labute approximate surface area is 130 Å². The van der Waals surface area contributed by atoms with Crippen LogP contribution in [0.4, 0.5) is 0 Å². The summed E-state index contributed by atoms with van der Waals surface area (Å²) < 4.78 is 0. The number of rotatable bonds is 8. The van der Waals surface area contributed by atoms with E-state index in [4.69, 9.17) is 0 Å². The van der Waals surface area contributed by atoms with Gasteiger partial charge in [-0.2, -0.15) is 0 Å². The molecule has 3 fully saturated rings. The predicted molar refractivity (Wildman–Crippen MR) is 87.4 cm³/mol. The largest absolute Gasteiger partial charge is 0.394 e. The molecular weight excluding hydrogens is 260 g/mol. The van der Waals surface area contributed by atoms with Crippen LogP contribution in [0.5, 0.6) is 0 Å². The Morgan fingerprint density at radius 2 is 1.71 bits per heavy atom. The fraction of sp³-hybridized carbons (Fsp3) is 1.00. The van der Waals surface area contributed by atoms with Gasteiger partial charge in [-0.25, -0.2) is 0 Å². The van der Waals surface area contributed by atoms with Crippen molar-refractivity contribution >= 4 is 0 Å². The van der Waals surface area contributed by atoms with E-state index in [1.165, 1.54) is 64.5 Å². The molecule has 0 aromatic carbocycles. The lowest BCUT2D eigenvalue weighted by Crippen LogP contribution is -2.60. The minimum atomic E-state index is -0.000401. The van der Waals surface area contributed by atoms with Crippen LogP contribution < -0.4 is 5.32 Å². The molecule has 21 heavy (non-hydrogen) atoms. The van der Waals surface area contributed by atoms with Gasteiger partial charge in [-0.15, -0.1) is 0 Å². The summed E-state index contributed by atoms with van der Waals surface area (Å²) in [4.78, 5) is 2.63. The van der Waals surface area contributed by atoms with Gasteiger partial charge >= 0.3 is 0 Å². The fourth-order valence-corrected chi connectivity index (χ4v) is 4.33. The lowest BCUT2D eigenvalue weighted by Gasteiger charge is -2.45. The lowest BCUT2D eigenvalue weighted by molar-refractivity contribution is 0.0432. The van der Waals surface area contributed by atoms with E-state index in [0.717, 1.165) is 6.54 Å². The maximum Gasteiger partial charge on any atom is 0.0628 e. The number of aliphatic hydroxyl groups is 1. The Bertz CT molecular complexity index is 337. The van der Waals surface area contributed by atoms with Crippen molar-refractivity contribution in [3.05, 3.63) is 0 Å². The van der Waals surface area contributed by atoms with Gasteiger partial charge in [0.05, 0.1) is 12.1 Å². The zero-order valence-corrected chi connectivity index (χ0v) is 14.0. The summed E-state index contributed by atoms with van der Waals surface area (Å²) in [5.74, 6) is 0.715. The second-order valence-electron chi connectivity index (χ2n) is 7.99. The molecule has 3 nitrogen and oxygen atoms in total. The van der Waals surface area contributed by atoms with Crippen molar-refractivity contribution in [2.24, 2.45) is 11.3 Å². The highest BCUT2D eigenvalue weighted by molar-refractivity contribution is 5.06. The molecule has 3 rings (SSSR count). The summed E-state index contributed by atoms with van der Waals surface area (Å²) in [7, 11) is 0. The third-order valence-corrected chi connectivity index (χ3v) is 6.63. The van der Waals surface area contributed by atoms with Gasteiger partial charge in [0.1, 0.15) is 0 Å². The second-order valence-corrected chi connectivity index (χ2v) is 7.99. The van der Waals surface area contributed by atoms with E-state index in [1.54, 1.807) is 0 Å². The Kier molecular flexibility index (Phi) is 4.63. The smallest absolute Gasteiger partial charge is 0.0628 e. The molecule has 3 aliphatic rings. The van der Waals surface area contributed by atoms with Crippen LogP contribution in [0.1, 0.15) is 65.2 Å². The molecule has 2 N–H and O–H groups in total. The van der Waals surface area contributed by atoms with Gasteiger partial charge in [0.15, 0.2) is 0 Å². The van der Waals surface area contributed by atoms with E-state index in [1.807, 2.05) is 0 Å². The number of nitrogens with zero attached hydrogens (tertiary/aromatic N) is 1. The highest BCUT2D eigenvalue weighted by Gasteiger charge is 2.48. The van der Waals surface area contributed by atoms with E-state index in [-0.39, 0.29) is 5.54 Å². The summed E-state index contributed by atoms with van der Waals surface area (Å²) in [5, 5.41) is 13.9. The van der Waals surface area contributed by atoms with Gasteiger partial charge in [-0.05, 0) is 62.9 Å². The molecule has 1 atom stereocenters. The van der Waals surface area contributed by atoms with Crippen molar-refractivity contribution < 1.29 is 5.11 Å². The number of aliphatic hydroxyl groups excluding tert-OH is 1. The molecule has 0 bridgehead atoms. The Balaban J connectivity index is 1.59. The molecule has 3 heteroatoms. The van der Waals surface area contributed by atoms with Crippen LogP contribution in [0.2, 0.25) is 0 Å². The molecule has 1 unspecified atom stereocenters. The van der Waals surface area contributed by atoms with Gasteiger partial charge < -0.3 is 15.3 Å². The Hall–Kier alpha value is -0.120. The number of piperidine rings is 1. The van der Waals surface area contributed by atoms with Crippen LogP contribution in [0.25, 0.3) is 0 Å². The summed E-state index contributed by atoms with van der Waals surface area (Å²) in [6.45, 7) is 8.54. The Morgan fingerprint density at radius 1 is 1.10 bits per heavy atom. The van der Waals surface area contributed by atoms with Crippen molar-refractivity contribution in [3.8, 4) is 0 Å². The number of nitrogens with one attached hydrogen (secondary N) is 1. The molecule has 1 aliphatic heterocycles. The summed E-state index contributed by atoms with van der Waals surface area (Å²) in [5.41, 5.74) is 0.599. The zero-order chi connectivity index (χ0) is 14.9. The van der Waals surface area contributed by atoms with Crippen LogP contribution in [0, 0.1) is 11.3 Å². The topological polar surface area (TPSA) is 35.5 Å². The van der Waals surface area contributed by atoms with Gasteiger partial charge in [0.2, 0.25) is 0 Å². The van der Waals surface area contributed by atoms with Crippen molar-refractivity contribution in [1.82, 2.24) is 10.2 Å². The van der Waals surface area contributed by atoms with E-state index in [2.05, 4.69) is 24.1 Å². The maximum absolute atomic E-state index is 10.1. The number of hydrogen-bond acceptors (Lipinski definition) is 3. The second kappa shape index (κ2) is 6.17. The lowest BCUT2D eigenvalue weighted by atomic mass is 9.74. The van der Waals surface area contributed by atoms with Gasteiger partial charge in [-0.1, -0.05) is 26.7 Å². The first-order valence-corrected chi connectivity index (χ1v) is 9.26. The summed E-state index contributed by atoms with van der Waals surface area (Å²) >= 11 is 0. The van der Waals surface area contributed by atoms with E-state index < -0.39 is 0 Å². The molecule has 2 saturated carbocycles. The average molecular weight is 294 g/mol. The van der Waals surface area contributed by atoms with Crippen molar-refractivity contribution in [1.29, 1.82) is 0 Å². The van der Waals surface area contributed by atoms with Gasteiger partial charge in [0, 0.05) is 12.6 Å². The monoisotopic (exact) mass is 294 g/mol. The highest BCUT2D eigenvalue weighted by atomic mass is 16.3. The fourth-order valence-electron chi connectivity index (χ4n) is 4.33. The van der Waals surface area contributed by atoms with Crippen LogP contribution in [0.3, 0.4) is 0 Å². The number of hydrogen-bond donors (Lipinski definition) is 2. The first kappa shape index (κ1) is 15.8. The minimum Gasteiger partial charge on any atom is -0.394 e. The predicted octanol–water partition coefficient (Wildman–Crippen LogP) is 2.78. The van der Waals surface area contributed by atoms with Crippen molar-refractivity contribution in [2.45, 2.75) is 76.8 Å². The normalized spacial score (nSPS) is 29.3. The molecule has 0 radical (unpaired) electrons. The quantitative estimate of drug-likeness (QED) is 0.722. The molecule has 0 amide bonds.